The number of thiazole rings is 1. The first-order valence-electron chi connectivity index (χ1n) is 7.52. The molecule has 0 aliphatic heterocycles. The van der Waals surface area contributed by atoms with Crippen LogP contribution in [0.1, 0.15) is 16.4 Å². The minimum Gasteiger partial charge on any atom is -0.230 e. The fourth-order valence-electron chi connectivity index (χ4n) is 2.59. The van der Waals surface area contributed by atoms with Crippen LogP contribution in [-0.2, 0) is 0 Å². The van der Waals surface area contributed by atoms with Gasteiger partial charge in [0.15, 0.2) is 4.34 Å². The monoisotopic (exact) mass is 333 g/mol. The molecule has 4 rings (SSSR count). The zero-order chi connectivity index (χ0) is 15.5. The third-order valence-corrected chi connectivity index (χ3v) is 6.14. The second-order valence-corrected chi connectivity index (χ2v) is 7.65. The average molecular weight is 333 g/mol. The van der Waals surface area contributed by atoms with E-state index in [1.54, 1.807) is 11.3 Å². The lowest BCUT2D eigenvalue weighted by molar-refractivity contribution is 1.14. The first-order chi connectivity index (χ1) is 11.4. The van der Waals surface area contributed by atoms with Gasteiger partial charge < -0.3 is 0 Å². The molecule has 0 spiro atoms. The number of para-hydroxylation sites is 1. The molecule has 0 saturated heterocycles. The maximum absolute atomic E-state index is 4.79. The van der Waals surface area contributed by atoms with Gasteiger partial charge in [0.05, 0.1) is 15.5 Å². The van der Waals surface area contributed by atoms with Gasteiger partial charge >= 0.3 is 0 Å². The molecule has 0 bridgehead atoms. The van der Waals surface area contributed by atoms with Gasteiger partial charge in [0.1, 0.15) is 0 Å². The van der Waals surface area contributed by atoms with Gasteiger partial charge in [0.25, 0.3) is 0 Å². The van der Waals surface area contributed by atoms with Crippen LogP contribution in [0.5, 0.6) is 0 Å². The van der Waals surface area contributed by atoms with E-state index in [-0.39, 0.29) is 5.25 Å². The lowest BCUT2D eigenvalue weighted by Crippen LogP contribution is -1.96. The molecule has 3 aromatic carbocycles. The van der Waals surface area contributed by atoms with Crippen molar-refractivity contribution in [2.75, 3.05) is 0 Å². The lowest BCUT2D eigenvalue weighted by Gasteiger charge is -2.16. The summed E-state index contributed by atoms with van der Waals surface area (Å²) >= 11 is 3.59. The molecule has 1 aromatic heterocycles. The third kappa shape index (κ3) is 3.16. The van der Waals surface area contributed by atoms with Crippen LogP contribution >= 0.6 is 23.1 Å². The van der Waals surface area contributed by atoms with E-state index in [0.29, 0.717) is 0 Å². The summed E-state index contributed by atoms with van der Waals surface area (Å²) in [6.45, 7) is 0. The summed E-state index contributed by atoms with van der Waals surface area (Å²) in [4.78, 5) is 4.79. The zero-order valence-corrected chi connectivity index (χ0v) is 14.1. The van der Waals surface area contributed by atoms with Crippen molar-refractivity contribution in [2.45, 2.75) is 9.59 Å². The van der Waals surface area contributed by atoms with Crippen molar-refractivity contribution in [3.63, 3.8) is 0 Å². The Hall–Kier alpha value is -2.10. The van der Waals surface area contributed by atoms with Gasteiger partial charge in [-0.3, -0.25) is 0 Å². The van der Waals surface area contributed by atoms with Crippen molar-refractivity contribution in [2.24, 2.45) is 0 Å². The Morgan fingerprint density at radius 2 is 1.26 bits per heavy atom. The first-order valence-corrected chi connectivity index (χ1v) is 9.22. The van der Waals surface area contributed by atoms with Crippen LogP contribution in [0.4, 0.5) is 0 Å². The number of nitrogens with zero attached hydrogens (tertiary/aromatic N) is 1. The van der Waals surface area contributed by atoms with Crippen molar-refractivity contribution >= 4 is 33.3 Å². The Morgan fingerprint density at radius 1 is 0.696 bits per heavy atom. The van der Waals surface area contributed by atoms with Gasteiger partial charge in [-0.2, -0.15) is 0 Å². The smallest absolute Gasteiger partial charge is 0.152 e. The maximum atomic E-state index is 4.79. The Balaban J connectivity index is 1.73. The highest BCUT2D eigenvalue weighted by Gasteiger charge is 2.17. The van der Waals surface area contributed by atoms with E-state index in [9.17, 15) is 0 Å². The molecule has 0 unspecified atom stereocenters. The Labute approximate surface area is 144 Å². The van der Waals surface area contributed by atoms with Crippen molar-refractivity contribution < 1.29 is 0 Å². The van der Waals surface area contributed by atoms with Crippen LogP contribution in [-0.4, -0.2) is 4.98 Å². The molecule has 0 fully saturated rings. The second kappa shape index (κ2) is 6.57. The fourth-order valence-corrected chi connectivity index (χ4v) is 4.97. The number of fused-ring (bicyclic) bond motifs is 1. The second-order valence-electron chi connectivity index (χ2n) is 5.27. The van der Waals surface area contributed by atoms with Crippen LogP contribution < -0.4 is 0 Å². The minimum atomic E-state index is 0.262. The van der Waals surface area contributed by atoms with Gasteiger partial charge in [0, 0.05) is 0 Å². The highest BCUT2D eigenvalue weighted by atomic mass is 32.2. The highest BCUT2D eigenvalue weighted by molar-refractivity contribution is 8.01. The molecule has 1 heterocycles. The van der Waals surface area contributed by atoms with Crippen LogP contribution in [0.3, 0.4) is 0 Å². The number of hydrogen-bond acceptors (Lipinski definition) is 3. The summed E-state index contributed by atoms with van der Waals surface area (Å²) in [7, 11) is 0. The van der Waals surface area contributed by atoms with Crippen molar-refractivity contribution in [3.8, 4) is 0 Å². The van der Waals surface area contributed by atoms with Crippen molar-refractivity contribution in [1.82, 2.24) is 4.98 Å². The van der Waals surface area contributed by atoms with Crippen LogP contribution in [0.25, 0.3) is 10.2 Å². The Morgan fingerprint density at radius 3 is 1.87 bits per heavy atom. The van der Waals surface area contributed by atoms with E-state index in [2.05, 4.69) is 78.9 Å². The molecule has 0 amide bonds. The van der Waals surface area contributed by atoms with Gasteiger partial charge in [-0.05, 0) is 23.3 Å². The molecule has 0 aliphatic carbocycles. The molecule has 112 valence electrons. The number of hydrogen-bond donors (Lipinski definition) is 0. The fraction of sp³-hybridized carbons (Fsp3) is 0.0500. The summed E-state index contributed by atoms with van der Waals surface area (Å²) in [5.74, 6) is 0. The molecular formula is C20H15NS2. The molecule has 23 heavy (non-hydrogen) atoms. The van der Waals surface area contributed by atoms with Gasteiger partial charge in [-0.25, -0.2) is 4.98 Å². The van der Waals surface area contributed by atoms with E-state index in [1.807, 2.05) is 17.8 Å². The predicted octanol–water partition coefficient (Wildman–Crippen LogP) is 6.18. The topological polar surface area (TPSA) is 12.9 Å². The molecule has 3 heteroatoms. The quantitative estimate of drug-likeness (QED) is 0.414. The maximum Gasteiger partial charge on any atom is 0.152 e. The molecule has 4 aromatic rings. The Kier molecular flexibility index (Phi) is 4.14. The number of benzene rings is 3. The molecule has 0 N–H and O–H groups in total. The zero-order valence-electron chi connectivity index (χ0n) is 12.4. The largest absolute Gasteiger partial charge is 0.230 e. The van der Waals surface area contributed by atoms with Crippen molar-refractivity contribution in [1.29, 1.82) is 0 Å². The molecule has 1 nitrogen and oxygen atoms in total. The van der Waals surface area contributed by atoms with E-state index < -0.39 is 0 Å². The normalized spacial score (nSPS) is 11.2. The summed E-state index contributed by atoms with van der Waals surface area (Å²) in [6.07, 6.45) is 0. The molecule has 0 atom stereocenters. The van der Waals surface area contributed by atoms with E-state index >= 15 is 0 Å². The van der Waals surface area contributed by atoms with E-state index in [4.69, 9.17) is 4.98 Å². The Bertz CT molecular complexity index is 828. The van der Waals surface area contributed by atoms with Crippen molar-refractivity contribution in [3.05, 3.63) is 96.1 Å². The number of thioether (sulfide) groups is 1. The number of aromatic nitrogens is 1. The van der Waals surface area contributed by atoms with Crippen LogP contribution in [0.2, 0.25) is 0 Å². The van der Waals surface area contributed by atoms with Gasteiger partial charge in [-0.1, -0.05) is 84.6 Å². The molecular weight excluding hydrogens is 318 g/mol. The van der Waals surface area contributed by atoms with Crippen LogP contribution in [0, 0.1) is 0 Å². The van der Waals surface area contributed by atoms with E-state index in [1.165, 1.54) is 15.8 Å². The van der Waals surface area contributed by atoms with Crippen LogP contribution in [0.15, 0.2) is 89.3 Å². The summed E-state index contributed by atoms with van der Waals surface area (Å²) in [5, 5.41) is 0.262. The molecule has 0 aliphatic rings. The predicted molar refractivity (Wildman–Crippen MR) is 100 cm³/mol. The van der Waals surface area contributed by atoms with E-state index in [0.717, 1.165) is 9.86 Å². The summed E-state index contributed by atoms with van der Waals surface area (Å²) in [6, 6.07) is 29.6. The summed E-state index contributed by atoms with van der Waals surface area (Å²) < 4.78 is 2.36. The lowest BCUT2D eigenvalue weighted by atomic mass is 10.0. The van der Waals surface area contributed by atoms with Gasteiger partial charge in [-0.15, -0.1) is 11.3 Å². The SMILES string of the molecule is c1ccc(C(Sc2nc3ccccc3s2)c2ccccc2)cc1. The average Bonchev–Trinajstić information content (AvgIpc) is 3.04. The molecule has 0 radical (unpaired) electrons. The molecule has 0 saturated carbocycles. The number of rotatable bonds is 4. The highest BCUT2D eigenvalue weighted by Crippen LogP contribution is 2.42. The third-order valence-electron chi connectivity index (χ3n) is 3.70. The first kappa shape index (κ1) is 14.5. The minimum absolute atomic E-state index is 0.262. The standard InChI is InChI=1S/C20H15NS2/c1-3-9-15(10-4-1)19(16-11-5-2-6-12-16)23-20-21-17-13-7-8-14-18(17)22-20/h1-14,19H. The summed E-state index contributed by atoms with van der Waals surface area (Å²) in [5.41, 5.74) is 3.70. The van der Waals surface area contributed by atoms with Gasteiger partial charge in [0.2, 0.25) is 0 Å².